The lowest BCUT2D eigenvalue weighted by atomic mass is 9.87. The number of rotatable bonds is 5. The van der Waals surface area contributed by atoms with Crippen molar-refractivity contribution in [3.8, 4) is 5.75 Å². The Morgan fingerprint density at radius 1 is 1.08 bits per heavy atom. The van der Waals surface area contributed by atoms with E-state index in [1.807, 2.05) is 6.20 Å². The van der Waals surface area contributed by atoms with Crippen molar-refractivity contribution in [1.29, 1.82) is 0 Å². The van der Waals surface area contributed by atoms with Crippen molar-refractivity contribution in [2.45, 2.75) is 25.3 Å². The maximum absolute atomic E-state index is 5.58. The number of ether oxygens (including phenoxy) is 1. The lowest BCUT2D eigenvalue weighted by molar-refractivity contribution is 0.314. The fourth-order valence-electron chi connectivity index (χ4n) is 4.11. The highest BCUT2D eigenvalue weighted by Gasteiger charge is 2.35. The van der Waals surface area contributed by atoms with Crippen LogP contribution in [-0.2, 0) is 6.54 Å². The summed E-state index contributed by atoms with van der Waals surface area (Å²) in [5.41, 5.74) is 5.14. The lowest BCUT2D eigenvalue weighted by Gasteiger charge is -2.18. The summed E-state index contributed by atoms with van der Waals surface area (Å²) in [4.78, 5) is 2.53. The highest BCUT2D eigenvalue weighted by Crippen LogP contribution is 2.39. The van der Waals surface area contributed by atoms with E-state index in [-0.39, 0.29) is 0 Å². The Bertz CT molecular complexity index is 845. The van der Waals surface area contributed by atoms with E-state index in [1.165, 1.54) is 22.4 Å². The minimum Gasteiger partial charge on any atom is -0.496 e. The van der Waals surface area contributed by atoms with Gasteiger partial charge in [0.25, 0.3) is 0 Å². The second kappa shape index (κ2) is 7.34. The number of likely N-dealkylation sites (tertiary alicyclic amines) is 1. The summed E-state index contributed by atoms with van der Waals surface area (Å²) < 4.78 is 5.58. The third kappa shape index (κ3) is 3.37. The van der Waals surface area contributed by atoms with Gasteiger partial charge in [0, 0.05) is 48.9 Å². The number of hydrogen-bond acceptors (Lipinski definition) is 3. The van der Waals surface area contributed by atoms with E-state index >= 15 is 0 Å². The van der Waals surface area contributed by atoms with Crippen LogP contribution in [0.15, 0.2) is 60.8 Å². The molecule has 134 valence electrons. The molecule has 0 aliphatic carbocycles. The van der Waals surface area contributed by atoms with Crippen LogP contribution < -0.4 is 4.74 Å². The normalized spacial score (nSPS) is 20.4. The fourth-order valence-corrected chi connectivity index (χ4v) is 4.11. The number of aryl methyl sites for hydroxylation is 1. The first-order chi connectivity index (χ1) is 12.7. The van der Waals surface area contributed by atoms with Crippen molar-refractivity contribution < 1.29 is 4.74 Å². The van der Waals surface area contributed by atoms with Gasteiger partial charge in [0.15, 0.2) is 0 Å². The first-order valence-corrected chi connectivity index (χ1v) is 9.14. The van der Waals surface area contributed by atoms with Crippen LogP contribution in [0.4, 0.5) is 0 Å². The zero-order chi connectivity index (χ0) is 17.9. The maximum atomic E-state index is 5.58. The van der Waals surface area contributed by atoms with Crippen molar-refractivity contribution in [2.75, 3.05) is 20.2 Å². The molecule has 1 aliphatic heterocycles. The molecule has 4 rings (SSSR count). The van der Waals surface area contributed by atoms with Crippen LogP contribution in [-0.4, -0.2) is 35.3 Å². The predicted molar refractivity (Wildman–Crippen MR) is 104 cm³/mol. The number of H-pyrrole nitrogens is 1. The number of benzene rings is 2. The predicted octanol–water partition coefficient (Wildman–Crippen LogP) is 4.11. The molecule has 0 unspecified atom stereocenters. The third-order valence-electron chi connectivity index (χ3n) is 5.37. The Morgan fingerprint density at radius 2 is 1.88 bits per heavy atom. The highest BCUT2D eigenvalue weighted by atomic mass is 16.5. The smallest absolute Gasteiger partial charge is 0.123 e. The molecule has 0 saturated carbocycles. The van der Waals surface area contributed by atoms with E-state index in [0.29, 0.717) is 11.8 Å². The van der Waals surface area contributed by atoms with E-state index in [9.17, 15) is 0 Å². The topological polar surface area (TPSA) is 41.1 Å². The van der Waals surface area contributed by atoms with Gasteiger partial charge in [-0.1, -0.05) is 48.0 Å². The van der Waals surface area contributed by atoms with Crippen molar-refractivity contribution in [3.05, 3.63) is 83.2 Å². The van der Waals surface area contributed by atoms with Gasteiger partial charge in [-0.2, -0.15) is 5.10 Å². The summed E-state index contributed by atoms with van der Waals surface area (Å²) in [5.74, 6) is 1.86. The molecule has 1 aromatic heterocycles. The second-order valence-corrected chi connectivity index (χ2v) is 7.15. The average Bonchev–Trinajstić information content (AvgIpc) is 3.32. The Morgan fingerprint density at radius 3 is 2.62 bits per heavy atom. The van der Waals surface area contributed by atoms with Crippen LogP contribution in [0.25, 0.3) is 0 Å². The quantitative estimate of drug-likeness (QED) is 0.755. The van der Waals surface area contributed by atoms with E-state index < -0.39 is 0 Å². The number of aromatic nitrogens is 2. The second-order valence-electron chi connectivity index (χ2n) is 7.15. The summed E-state index contributed by atoms with van der Waals surface area (Å²) in [6.45, 7) is 5.08. The molecule has 26 heavy (non-hydrogen) atoms. The molecule has 0 amide bonds. The van der Waals surface area contributed by atoms with Gasteiger partial charge in [0.05, 0.1) is 7.11 Å². The minimum atomic E-state index is 0.427. The van der Waals surface area contributed by atoms with Gasteiger partial charge >= 0.3 is 0 Å². The van der Waals surface area contributed by atoms with Crippen LogP contribution >= 0.6 is 0 Å². The van der Waals surface area contributed by atoms with Gasteiger partial charge in [-0.25, -0.2) is 0 Å². The minimum absolute atomic E-state index is 0.427. The van der Waals surface area contributed by atoms with Crippen molar-refractivity contribution >= 4 is 0 Å². The summed E-state index contributed by atoms with van der Waals surface area (Å²) in [5, 5.41) is 7.37. The number of aromatic amines is 1. The Kier molecular flexibility index (Phi) is 4.76. The summed E-state index contributed by atoms with van der Waals surface area (Å²) in [7, 11) is 1.75. The van der Waals surface area contributed by atoms with Gasteiger partial charge < -0.3 is 4.74 Å². The first-order valence-electron chi connectivity index (χ1n) is 9.14. The molecule has 4 heteroatoms. The molecule has 0 bridgehead atoms. The number of methoxy groups -OCH3 is 1. The number of nitrogens with one attached hydrogen (secondary N) is 1. The molecular formula is C22H25N3O. The molecule has 1 saturated heterocycles. The molecule has 0 radical (unpaired) electrons. The van der Waals surface area contributed by atoms with Crippen LogP contribution in [0.5, 0.6) is 5.75 Å². The highest BCUT2D eigenvalue weighted by molar-refractivity contribution is 5.37. The van der Waals surface area contributed by atoms with E-state index in [4.69, 9.17) is 4.74 Å². The molecule has 1 fully saturated rings. The molecule has 1 N–H and O–H groups in total. The Balaban J connectivity index is 1.60. The van der Waals surface area contributed by atoms with Gasteiger partial charge in [-0.05, 0) is 24.6 Å². The number of nitrogens with zero attached hydrogens (tertiary/aromatic N) is 2. The molecule has 2 heterocycles. The molecule has 3 aromatic rings. The molecule has 4 nitrogen and oxygen atoms in total. The zero-order valence-electron chi connectivity index (χ0n) is 15.4. The van der Waals surface area contributed by atoms with Gasteiger partial charge in [-0.15, -0.1) is 0 Å². The van der Waals surface area contributed by atoms with E-state index in [0.717, 1.165) is 25.4 Å². The monoisotopic (exact) mass is 347 g/mol. The standard InChI is InChI=1S/C22H25N3O/c1-16-8-9-22(26-2)18(12-16)13-25-14-19(17-6-4-3-5-7-17)20(15-25)21-10-11-23-24-21/h3-12,19-20H,13-15H2,1-2H3,(H,23,24)/t19-,20+/m0/s1. The number of hydrogen-bond donors (Lipinski definition) is 1. The molecule has 2 atom stereocenters. The fraction of sp³-hybridized carbons (Fsp3) is 0.318. The van der Waals surface area contributed by atoms with E-state index in [1.54, 1.807) is 7.11 Å². The van der Waals surface area contributed by atoms with Crippen LogP contribution in [0.2, 0.25) is 0 Å². The summed E-state index contributed by atoms with van der Waals surface area (Å²) >= 11 is 0. The largest absolute Gasteiger partial charge is 0.496 e. The SMILES string of the molecule is COc1ccc(C)cc1CN1C[C@@H](c2ccccc2)[C@H](c2ccn[nH]2)C1. The molecule has 0 spiro atoms. The molecule has 2 aromatic carbocycles. The maximum Gasteiger partial charge on any atom is 0.123 e. The first kappa shape index (κ1) is 16.9. The van der Waals surface area contributed by atoms with Gasteiger partial charge in [0.2, 0.25) is 0 Å². The van der Waals surface area contributed by atoms with Crippen LogP contribution in [0.3, 0.4) is 0 Å². The van der Waals surface area contributed by atoms with Crippen LogP contribution in [0, 0.1) is 6.92 Å². The third-order valence-corrected chi connectivity index (χ3v) is 5.37. The summed E-state index contributed by atoms with van der Waals surface area (Å²) in [6, 6.07) is 19.3. The lowest BCUT2D eigenvalue weighted by Crippen LogP contribution is -2.20. The Hall–Kier alpha value is -2.59. The summed E-state index contributed by atoms with van der Waals surface area (Å²) in [6.07, 6.45) is 1.85. The van der Waals surface area contributed by atoms with Crippen LogP contribution in [0.1, 0.15) is 34.2 Å². The van der Waals surface area contributed by atoms with Gasteiger partial charge in [0.1, 0.15) is 5.75 Å². The Labute approximate surface area is 154 Å². The zero-order valence-corrected chi connectivity index (χ0v) is 15.4. The molecule has 1 aliphatic rings. The van der Waals surface area contributed by atoms with Crippen molar-refractivity contribution in [3.63, 3.8) is 0 Å². The van der Waals surface area contributed by atoms with E-state index in [2.05, 4.69) is 76.6 Å². The van der Waals surface area contributed by atoms with Gasteiger partial charge in [-0.3, -0.25) is 10.00 Å². The molecular weight excluding hydrogens is 322 g/mol. The average molecular weight is 347 g/mol. The van der Waals surface area contributed by atoms with Crippen molar-refractivity contribution in [1.82, 2.24) is 15.1 Å². The van der Waals surface area contributed by atoms with Crippen molar-refractivity contribution in [2.24, 2.45) is 0 Å².